The number of rotatable bonds is 5. The van der Waals surface area contributed by atoms with E-state index in [9.17, 15) is 40.2 Å². The molecule has 0 bridgehead atoms. The molecule has 0 fully saturated rings. The van der Waals surface area contributed by atoms with Gasteiger partial charge in [0.1, 0.15) is 23.0 Å². The second-order valence-electron chi connectivity index (χ2n) is 6.92. The number of aliphatic hydroxyl groups excluding tert-OH is 2. The molecule has 3 rings (SSSR count). The van der Waals surface area contributed by atoms with Crippen LogP contribution in [0.3, 0.4) is 0 Å². The zero-order valence-corrected chi connectivity index (χ0v) is 15.0. The van der Waals surface area contributed by atoms with E-state index in [4.69, 9.17) is 0 Å². The lowest BCUT2D eigenvalue weighted by Crippen LogP contribution is -2.22. The molecule has 148 valence electrons. The first-order valence-electron chi connectivity index (χ1n) is 8.73. The summed E-state index contributed by atoms with van der Waals surface area (Å²) >= 11 is 0. The van der Waals surface area contributed by atoms with Crippen LogP contribution in [0.25, 0.3) is 0 Å². The van der Waals surface area contributed by atoms with Gasteiger partial charge in [-0.05, 0) is 38.3 Å². The molecule has 0 spiro atoms. The number of fused-ring (bicyclic) bond motifs is 2. The topological polar surface area (TPSA) is 156 Å². The van der Waals surface area contributed by atoms with E-state index in [0.717, 1.165) is 18.2 Å². The van der Waals surface area contributed by atoms with Crippen LogP contribution in [0.15, 0.2) is 18.2 Å². The molecular weight excluding hydrogens is 368 g/mol. The monoisotopic (exact) mass is 388 g/mol. The average Bonchev–Trinajstić information content (AvgIpc) is 2.58. The smallest absolute Gasteiger partial charge is 0.201 e. The van der Waals surface area contributed by atoms with E-state index in [2.05, 4.69) is 0 Å². The van der Waals surface area contributed by atoms with E-state index in [1.165, 1.54) is 0 Å². The van der Waals surface area contributed by atoms with Gasteiger partial charge in [-0.2, -0.15) is 0 Å². The zero-order chi connectivity index (χ0) is 20.7. The molecule has 8 heteroatoms. The Labute approximate surface area is 159 Å². The first kappa shape index (κ1) is 19.7. The highest BCUT2D eigenvalue weighted by atomic mass is 16.3. The van der Waals surface area contributed by atoms with Crippen LogP contribution in [-0.4, -0.2) is 48.3 Å². The average molecular weight is 388 g/mol. The predicted octanol–water partition coefficient (Wildman–Crippen LogP) is 1.87. The lowest BCUT2D eigenvalue weighted by atomic mass is 9.81. The third-order valence-electron chi connectivity index (χ3n) is 4.80. The van der Waals surface area contributed by atoms with Gasteiger partial charge in [-0.15, -0.1) is 0 Å². The molecule has 8 nitrogen and oxygen atoms in total. The van der Waals surface area contributed by atoms with Crippen LogP contribution in [0, 0.1) is 0 Å². The van der Waals surface area contributed by atoms with Gasteiger partial charge in [-0.25, -0.2) is 0 Å². The van der Waals surface area contributed by atoms with E-state index in [0.29, 0.717) is 12.8 Å². The second-order valence-corrected chi connectivity index (χ2v) is 6.92. The van der Waals surface area contributed by atoms with Gasteiger partial charge in [-0.3, -0.25) is 9.59 Å². The number of hydrogen-bond acceptors (Lipinski definition) is 8. The summed E-state index contributed by atoms with van der Waals surface area (Å²) in [7, 11) is 0. The van der Waals surface area contributed by atoms with Gasteiger partial charge >= 0.3 is 0 Å². The lowest BCUT2D eigenvalue weighted by molar-refractivity contribution is 0.0971. The number of carbonyl (C=O) groups is 2. The van der Waals surface area contributed by atoms with Gasteiger partial charge < -0.3 is 30.6 Å². The summed E-state index contributed by atoms with van der Waals surface area (Å²) in [6.45, 7) is 1.59. The normalized spacial score (nSPS) is 15.1. The standard InChI is InChI=1S/C20H20O8/c1-8(21)3-2-4-12(23)17-14(25)7-11-16(20(17)28)19(27)15-10(18(11)26)5-9(22)6-13(15)24/h5-8,12,21-25,28H,2-4H2,1H3. The molecule has 0 aromatic heterocycles. The van der Waals surface area contributed by atoms with Crippen molar-refractivity contribution in [3.63, 3.8) is 0 Å². The Hall–Kier alpha value is -3.10. The highest BCUT2D eigenvalue weighted by Crippen LogP contribution is 2.45. The Kier molecular flexibility index (Phi) is 5.01. The van der Waals surface area contributed by atoms with Crippen molar-refractivity contribution < 1.29 is 40.2 Å². The molecule has 0 radical (unpaired) electrons. The van der Waals surface area contributed by atoms with Crippen LogP contribution < -0.4 is 0 Å². The van der Waals surface area contributed by atoms with Crippen molar-refractivity contribution in [1.29, 1.82) is 0 Å². The third kappa shape index (κ3) is 3.17. The maximum atomic E-state index is 12.8. The molecule has 2 atom stereocenters. The largest absolute Gasteiger partial charge is 0.508 e. The van der Waals surface area contributed by atoms with Gasteiger partial charge in [-0.1, -0.05) is 0 Å². The maximum absolute atomic E-state index is 12.8. The summed E-state index contributed by atoms with van der Waals surface area (Å²) in [4.78, 5) is 25.5. The quantitative estimate of drug-likeness (QED) is 0.387. The first-order chi connectivity index (χ1) is 13.1. The highest BCUT2D eigenvalue weighted by Gasteiger charge is 2.37. The van der Waals surface area contributed by atoms with Crippen molar-refractivity contribution in [3.8, 4) is 23.0 Å². The van der Waals surface area contributed by atoms with Crippen LogP contribution in [0.2, 0.25) is 0 Å². The van der Waals surface area contributed by atoms with Crippen molar-refractivity contribution >= 4 is 11.6 Å². The summed E-state index contributed by atoms with van der Waals surface area (Å²) in [6, 6.07) is 2.90. The van der Waals surface area contributed by atoms with Crippen LogP contribution in [0.1, 0.15) is 69.7 Å². The number of hydrogen-bond donors (Lipinski definition) is 6. The summed E-state index contributed by atoms with van der Waals surface area (Å²) in [6.07, 6.45) is -1.02. The number of ketones is 2. The van der Waals surface area contributed by atoms with Gasteiger partial charge in [0, 0.05) is 17.2 Å². The fourth-order valence-electron chi connectivity index (χ4n) is 3.46. The molecule has 0 heterocycles. The minimum atomic E-state index is -1.33. The Balaban J connectivity index is 2.10. The highest BCUT2D eigenvalue weighted by molar-refractivity contribution is 6.30. The summed E-state index contributed by atoms with van der Waals surface area (Å²) in [5.41, 5.74) is -1.64. The van der Waals surface area contributed by atoms with Gasteiger partial charge in [0.2, 0.25) is 5.78 Å². The molecule has 0 saturated carbocycles. The molecule has 28 heavy (non-hydrogen) atoms. The SMILES string of the molecule is CC(O)CCCC(O)c1c(O)cc2c(c1O)C(=O)c1c(O)cc(O)cc1C2=O. The van der Waals surface area contributed by atoms with Gasteiger partial charge in [0.25, 0.3) is 0 Å². The Morgan fingerprint density at radius 1 is 0.821 bits per heavy atom. The predicted molar refractivity (Wildman–Crippen MR) is 96.9 cm³/mol. The molecule has 2 aromatic rings. The Morgan fingerprint density at radius 2 is 1.46 bits per heavy atom. The van der Waals surface area contributed by atoms with Crippen molar-refractivity contribution in [1.82, 2.24) is 0 Å². The number of phenols is 4. The fourth-order valence-corrected chi connectivity index (χ4v) is 3.46. The van der Waals surface area contributed by atoms with Gasteiger partial charge in [0.15, 0.2) is 5.78 Å². The zero-order valence-electron chi connectivity index (χ0n) is 15.0. The molecular formula is C20H20O8. The van der Waals surface area contributed by atoms with Crippen molar-refractivity contribution in [2.45, 2.75) is 38.4 Å². The number of carbonyl (C=O) groups excluding carboxylic acids is 2. The molecule has 0 saturated heterocycles. The molecule has 2 aromatic carbocycles. The summed E-state index contributed by atoms with van der Waals surface area (Å²) < 4.78 is 0. The minimum Gasteiger partial charge on any atom is -0.508 e. The van der Waals surface area contributed by atoms with Gasteiger partial charge in [0.05, 0.1) is 28.9 Å². The van der Waals surface area contributed by atoms with E-state index >= 15 is 0 Å². The number of aliphatic hydroxyl groups is 2. The molecule has 1 aliphatic rings. The van der Waals surface area contributed by atoms with Crippen molar-refractivity contribution in [3.05, 3.63) is 46.0 Å². The van der Waals surface area contributed by atoms with Crippen LogP contribution in [0.5, 0.6) is 23.0 Å². The van der Waals surface area contributed by atoms with Crippen molar-refractivity contribution in [2.75, 3.05) is 0 Å². The number of aromatic hydroxyl groups is 4. The van der Waals surface area contributed by atoms with Crippen LogP contribution in [0.4, 0.5) is 0 Å². The molecule has 1 aliphatic carbocycles. The molecule has 6 N–H and O–H groups in total. The molecule has 0 amide bonds. The van der Waals surface area contributed by atoms with E-state index < -0.39 is 52.3 Å². The number of benzene rings is 2. The minimum absolute atomic E-state index is 0.0999. The fraction of sp³-hybridized carbons (Fsp3) is 0.300. The van der Waals surface area contributed by atoms with Crippen LogP contribution in [-0.2, 0) is 0 Å². The Bertz CT molecular complexity index is 977. The first-order valence-corrected chi connectivity index (χ1v) is 8.73. The summed E-state index contributed by atoms with van der Waals surface area (Å²) in [5, 5.41) is 60.1. The number of phenolic OH excluding ortho intramolecular Hbond substituents is 4. The Morgan fingerprint density at radius 3 is 2.11 bits per heavy atom. The van der Waals surface area contributed by atoms with E-state index in [-0.39, 0.29) is 28.7 Å². The van der Waals surface area contributed by atoms with E-state index in [1.807, 2.05) is 0 Å². The summed E-state index contributed by atoms with van der Waals surface area (Å²) in [5.74, 6) is -3.97. The third-order valence-corrected chi connectivity index (χ3v) is 4.80. The second kappa shape index (κ2) is 7.14. The molecule has 2 unspecified atom stereocenters. The lowest BCUT2D eigenvalue weighted by Gasteiger charge is -2.23. The van der Waals surface area contributed by atoms with Crippen LogP contribution >= 0.6 is 0 Å². The van der Waals surface area contributed by atoms with Crippen molar-refractivity contribution in [2.24, 2.45) is 0 Å². The maximum Gasteiger partial charge on any atom is 0.201 e. The van der Waals surface area contributed by atoms with E-state index in [1.54, 1.807) is 6.92 Å². The molecule has 0 aliphatic heterocycles.